The van der Waals surface area contributed by atoms with Gasteiger partial charge >= 0.3 is 18.1 Å². The quantitative estimate of drug-likeness (QED) is 0.219. The standard InChI is InChI=1S/C20H25N3O9S/c1-30-14-7-11(12(23(28)29)8-15(14)31-2)9-32-20(27)22-13-10-33-16(18(13)21-19(22)26)5-3-4-6-17(24)25/h7-8,13,16,18H,3-6,9-10H2,1-2H3,(H,21,26)(H,24,25)/t13-,16-,18-/m0/s1. The molecule has 12 nitrogen and oxygen atoms in total. The number of methoxy groups -OCH3 is 2. The van der Waals surface area contributed by atoms with E-state index in [9.17, 15) is 24.5 Å². The Balaban J connectivity index is 1.64. The summed E-state index contributed by atoms with van der Waals surface area (Å²) in [5.74, 6) is 0.0905. The van der Waals surface area contributed by atoms with Crippen LogP contribution in [-0.2, 0) is 16.1 Å². The first-order valence-corrected chi connectivity index (χ1v) is 11.3. The molecule has 0 saturated carbocycles. The second-order valence-corrected chi connectivity index (χ2v) is 8.84. The molecule has 0 radical (unpaired) electrons. The minimum absolute atomic E-state index is 0.0671. The van der Waals surface area contributed by atoms with E-state index in [1.54, 1.807) is 11.8 Å². The molecule has 13 heteroatoms. The number of ether oxygens (including phenoxy) is 3. The molecule has 1 aromatic carbocycles. The lowest BCUT2D eigenvalue weighted by Gasteiger charge is -2.20. The van der Waals surface area contributed by atoms with Crippen molar-refractivity contribution >= 4 is 35.5 Å². The lowest BCUT2D eigenvalue weighted by atomic mass is 10.0. The van der Waals surface area contributed by atoms with Crippen LogP contribution < -0.4 is 14.8 Å². The van der Waals surface area contributed by atoms with Crippen molar-refractivity contribution in [1.82, 2.24) is 10.2 Å². The van der Waals surface area contributed by atoms with Gasteiger partial charge in [-0.15, -0.1) is 0 Å². The van der Waals surface area contributed by atoms with Crippen LogP contribution in [0.15, 0.2) is 12.1 Å². The van der Waals surface area contributed by atoms with Gasteiger partial charge in [0.05, 0.1) is 42.9 Å². The van der Waals surface area contributed by atoms with Crippen LogP contribution in [-0.4, -0.2) is 70.3 Å². The molecular formula is C20H25N3O9S. The molecule has 2 fully saturated rings. The van der Waals surface area contributed by atoms with Crippen molar-refractivity contribution in [3.05, 3.63) is 27.8 Å². The SMILES string of the molecule is COc1cc(COC(=O)N2C(=O)N[C@@H]3[C@H](CCCCC(=O)O)SC[C@@H]32)c([N+](=O)[O-])cc1OC. The Labute approximate surface area is 193 Å². The van der Waals surface area contributed by atoms with Gasteiger partial charge in [-0.1, -0.05) is 6.42 Å². The first kappa shape index (κ1) is 24.4. The fourth-order valence-corrected chi connectivity index (χ4v) is 5.56. The third kappa shape index (κ3) is 5.41. The van der Waals surface area contributed by atoms with Crippen molar-refractivity contribution < 1.29 is 38.6 Å². The first-order valence-electron chi connectivity index (χ1n) is 10.3. The summed E-state index contributed by atoms with van der Waals surface area (Å²) >= 11 is 1.61. The average molecular weight is 483 g/mol. The maximum atomic E-state index is 12.7. The van der Waals surface area contributed by atoms with Crippen LogP contribution >= 0.6 is 11.8 Å². The van der Waals surface area contributed by atoms with Gasteiger partial charge < -0.3 is 24.6 Å². The van der Waals surface area contributed by atoms with Crippen molar-refractivity contribution in [3.63, 3.8) is 0 Å². The highest BCUT2D eigenvalue weighted by atomic mass is 32.2. The monoisotopic (exact) mass is 483 g/mol. The van der Waals surface area contributed by atoms with Crippen LogP contribution in [0.2, 0.25) is 0 Å². The molecule has 0 unspecified atom stereocenters. The van der Waals surface area contributed by atoms with Crippen LogP contribution in [0.25, 0.3) is 0 Å². The van der Waals surface area contributed by atoms with E-state index >= 15 is 0 Å². The summed E-state index contributed by atoms with van der Waals surface area (Å²) in [6, 6.07) is 1.31. The number of carbonyl (C=O) groups excluding carboxylic acids is 2. The topological polar surface area (TPSA) is 158 Å². The van der Waals surface area contributed by atoms with Gasteiger partial charge in [0, 0.05) is 17.4 Å². The van der Waals surface area contributed by atoms with E-state index in [0.717, 1.165) is 11.3 Å². The summed E-state index contributed by atoms with van der Waals surface area (Å²) in [6.45, 7) is -0.428. The third-order valence-electron chi connectivity index (χ3n) is 5.60. The number of nitrogens with zero attached hydrogens (tertiary/aromatic N) is 2. The molecule has 2 aliphatic rings. The van der Waals surface area contributed by atoms with Gasteiger partial charge in [-0.3, -0.25) is 14.9 Å². The number of fused-ring (bicyclic) bond motifs is 1. The van der Waals surface area contributed by atoms with E-state index in [0.29, 0.717) is 18.6 Å². The van der Waals surface area contributed by atoms with Gasteiger partial charge in [0.15, 0.2) is 11.5 Å². The van der Waals surface area contributed by atoms with Gasteiger partial charge in [-0.2, -0.15) is 11.8 Å². The number of rotatable bonds is 10. The zero-order chi connectivity index (χ0) is 24.1. The van der Waals surface area contributed by atoms with E-state index < -0.39 is 35.7 Å². The molecule has 3 amide bonds. The smallest absolute Gasteiger partial charge is 0.418 e. The molecule has 2 saturated heterocycles. The molecule has 2 heterocycles. The lowest BCUT2D eigenvalue weighted by molar-refractivity contribution is -0.385. The Kier molecular flexibility index (Phi) is 7.84. The number of hydrogen-bond acceptors (Lipinski definition) is 9. The Morgan fingerprint density at radius 2 is 1.97 bits per heavy atom. The number of carboxylic acid groups (broad SMARTS) is 1. The normalized spacial score (nSPS) is 21.3. The fraction of sp³-hybridized carbons (Fsp3) is 0.550. The second kappa shape index (κ2) is 10.6. The number of urea groups is 1. The third-order valence-corrected chi connectivity index (χ3v) is 7.09. The molecule has 180 valence electrons. The minimum atomic E-state index is -0.892. The number of nitrogens with one attached hydrogen (secondary N) is 1. The molecule has 0 spiro atoms. The van der Waals surface area contributed by atoms with E-state index in [-0.39, 0.29) is 40.5 Å². The zero-order valence-corrected chi connectivity index (χ0v) is 19.0. The Hall–Kier alpha value is -3.22. The van der Waals surface area contributed by atoms with E-state index in [4.69, 9.17) is 19.3 Å². The molecule has 0 bridgehead atoms. The highest BCUT2D eigenvalue weighted by Crippen LogP contribution is 2.38. The predicted molar refractivity (Wildman–Crippen MR) is 117 cm³/mol. The van der Waals surface area contributed by atoms with E-state index in [2.05, 4.69) is 5.32 Å². The average Bonchev–Trinajstić information content (AvgIpc) is 3.31. The van der Waals surface area contributed by atoms with Crippen LogP contribution in [0.1, 0.15) is 31.2 Å². The Bertz CT molecular complexity index is 942. The summed E-state index contributed by atoms with van der Waals surface area (Å²) in [6.07, 6.45) is 1.18. The molecule has 3 atom stereocenters. The zero-order valence-electron chi connectivity index (χ0n) is 18.1. The molecule has 1 aromatic rings. The second-order valence-electron chi connectivity index (χ2n) is 7.57. The van der Waals surface area contributed by atoms with Crippen LogP contribution in [0.5, 0.6) is 11.5 Å². The van der Waals surface area contributed by atoms with Crippen molar-refractivity contribution in [2.45, 2.75) is 49.6 Å². The number of unbranched alkanes of at least 4 members (excludes halogenated alkanes) is 1. The Morgan fingerprint density at radius 3 is 2.61 bits per heavy atom. The number of carboxylic acids is 1. The van der Waals surface area contributed by atoms with Gasteiger partial charge in [0.2, 0.25) is 0 Å². The number of thioether (sulfide) groups is 1. The largest absolute Gasteiger partial charge is 0.493 e. The van der Waals surface area contributed by atoms with E-state index in [1.165, 1.54) is 26.4 Å². The highest BCUT2D eigenvalue weighted by Gasteiger charge is 2.51. The molecule has 0 aromatic heterocycles. The summed E-state index contributed by atoms with van der Waals surface area (Å²) in [5, 5.41) is 23.1. The Morgan fingerprint density at radius 1 is 1.27 bits per heavy atom. The number of benzene rings is 1. The highest BCUT2D eigenvalue weighted by molar-refractivity contribution is 8.00. The molecule has 2 N–H and O–H groups in total. The number of carbonyl (C=O) groups is 3. The molecule has 2 aliphatic heterocycles. The van der Waals surface area contributed by atoms with Crippen LogP contribution in [0, 0.1) is 10.1 Å². The maximum absolute atomic E-state index is 12.7. The number of aliphatic carboxylic acids is 1. The summed E-state index contributed by atoms with van der Waals surface area (Å²) in [4.78, 5) is 47.6. The van der Waals surface area contributed by atoms with Crippen LogP contribution in [0.4, 0.5) is 15.3 Å². The molecule has 0 aliphatic carbocycles. The predicted octanol–water partition coefficient (Wildman–Crippen LogP) is 2.77. The fourth-order valence-electron chi connectivity index (χ4n) is 3.97. The summed E-state index contributed by atoms with van der Waals surface area (Å²) in [5.41, 5.74) is -0.207. The number of nitro groups is 1. The number of imide groups is 1. The molecule has 3 rings (SSSR count). The van der Waals surface area contributed by atoms with E-state index in [1.807, 2.05) is 0 Å². The summed E-state index contributed by atoms with van der Waals surface area (Å²) < 4.78 is 15.5. The minimum Gasteiger partial charge on any atom is -0.493 e. The van der Waals surface area contributed by atoms with Gasteiger partial charge in [0.25, 0.3) is 5.69 Å². The first-order chi connectivity index (χ1) is 15.8. The molecule has 33 heavy (non-hydrogen) atoms. The maximum Gasteiger partial charge on any atom is 0.418 e. The molecular weight excluding hydrogens is 458 g/mol. The van der Waals surface area contributed by atoms with Gasteiger partial charge in [-0.05, 0) is 18.9 Å². The number of amides is 3. The number of nitro benzene ring substituents is 1. The van der Waals surface area contributed by atoms with Crippen molar-refractivity contribution in [2.24, 2.45) is 0 Å². The number of hydrogen-bond donors (Lipinski definition) is 2. The summed E-state index contributed by atoms with van der Waals surface area (Å²) in [7, 11) is 2.73. The van der Waals surface area contributed by atoms with Crippen molar-refractivity contribution in [1.29, 1.82) is 0 Å². The van der Waals surface area contributed by atoms with Crippen molar-refractivity contribution in [3.8, 4) is 11.5 Å². The van der Waals surface area contributed by atoms with Crippen molar-refractivity contribution in [2.75, 3.05) is 20.0 Å². The van der Waals surface area contributed by atoms with Gasteiger partial charge in [-0.25, -0.2) is 14.5 Å². The lowest BCUT2D eigenvalue weighted by Crippen LogP contribution is -2.41. The van der Waals surface area contributed by atoms with Gasteiger partial charge in [0.1, 0.15) is 6.61 Å². The van der Waals surface area contributed by atoms with Crippen LogP contribution in [0.3, 0.4) is 0 Å².